The summed E-state index contributed by atoms with van der Waals surface area (Å²) in [6.45, 7) is 2.41. The van der Waals surface area contributed by atoms with Crippen molar-refractivity contribution in [3.8, 4) is 0 Å². The lowest BCUT2D eigenvalue weighted by atomic mass is 10.2. The van der Waals surface area contributed by atoms with Crippen LogP contribution in [0.3, 0.4) is 0 Å². The molecule has 1 aromatic rings. The van der Waals surface area contributed by atoms with Gasteiger partial charge in [0.1, 0.15) is 0 Å². The highest BCUT2D eigenvalue weighted by Crippen LogP contribution is 2.09. The Morgan fingerprint density at radius 2 is 1.95 bits per heavy atom. The average molecular weight is 281 g/mol. The number of hydrogen-bond acceptors (Lipinski definition) is 4. The summed E-state index contributed by atoms with van der Waals surface area (Å²) in [5, 5.41) is 18.7. The van der Waals surface area contributed by atoms with Gasteiger partial charge in [-0.05, 0) is 12.8 Å². The first-order valence-electron chi connectivity index (χ1n) is 6.83. The number of nitrogens with one attached hydrogen (secondary N) is 1. The molecule has 2 rings (SSSR count). The molecule has 2 N–H and O–H groups in total. The molecule has 2 amide bonds. The van der Waals surface area contributed by atoms with Gasteiger partial charge in [-0.3, -0.25) is 0 Å². The zero-order chi connectivity index (χ0) is 14.4. The first kappa shape index (κ1) is 14.3. The Morgan fingerprint density at radius 1 is 1.25 bits per heavy atom. The van der Waals surface area contributed by atoms with Crippen LogP contribution in [-0.4, -0.2) is 56.6 Å². The molecular formula is C12H19N5O3. The number of carboxylic acids is 1. The number of rotatable bonds is 4. The number of nitrogens with zero attached hydrogens (tertiary/aromatic N) is 4. The van der Waals surface area contributed by atoms with Crippen molar-refractivity contribution in [2.24, 2.45) is 0 Å². The van der Waals surface area contributed by atoms with E-state index in [0.29, 0.717) is 13.1 Å². The van der Waals surface area contributed by atoms with E-state index in [-0.39, 0.29) is 11.7 Å². The summed E-state index contributed by atoms with van der Waals surface area (Å²) < 4.78 is 1.41. The third-order valence-electron chi connectivity index (χ3n) is 3.27. The minimum Gasteiger partial charge on any atom is -0.476 e. The van der Waals surface area contributed by atoms with Crippen molar-refractivity contribution < 1.29 is 14.7 Å². The fraction of sp³-hybridized carbons (Fsp3) is 0.667. The molecule has 1 fully saturated rings. The summed E-state index contributed by atoms with van der Waals surface area (Å²) in [4.78, 5) is 24.4. The van der Waals surface area contributed by atoms with Gasteiger partial charge in [0.2, 0.25) is 0 Å². The summed E-state index contributed by atoms with van der Waals surface area (Å²) >= 11 is 0. The van der Waals surface area contributed by atoms with Crippen LogP contribution in [0.2, 0.25) is 0 Å². The number of amides is 2. The first-order chi connectivity index (χ1) is 9.66. The Bertz CT molecular complexity index is 465. The molecule has 8 heteroatoms. The van der Waals surface area contributed by atoms with Gasteiger partial charge in [-0.1, -0.05) is 18.1 Å². The Hall–Kier alpha value is -2.12. The molecule has 0 saturated carbocycles. The van der Waals surface area contributed by atoms with Gasteiger partial charge in [0.25, 0.3) is 0 Å². The smallest absolute Gasteiger partial charge is 0.358 e. The maximum atomic E-state index is 11.9. The van der Waals surface area contributed by atoms with Crippen LogP contribution in [0, 0.1) is 0 Å². The third kappa shape index (κ3) is 3.94. The molecule has 1 aliphatic heterocycles. The second-order valence-corrected chi connectivity index (χ2v) is 4.81. The molecule has 1 saturated heterocycles. The lowest BCUT2D eigenvalue weighted by molar-refractivity contribution is 0.0690. The van der Waals surface area contributed by atoms with E-state index in [9.17, 15) is 9.59 Å². The maximum absolute atomic E-state index is 11.9. The third-order valence-corrected chi connectivity index (χ3v) is 3.27. The number of likely N-dealkylation sites (tertiary alicyclic amines) is 1. The average Bonchev–Trinajstić information content (AvgIpc) is 2.73. The molecule has 0 bridgehead atoms. The predicted molar refractivity (Wildman–Crippen MR) is 70.4 cm³/mol. The van der Waals surface area contributed by atoms with E-state index in [4.69, 9.17) is 5.11 Å². The number of aromatic carboxylic acids is 1. The number of hydrogen-bond donors (Lipinski definition) is 2. The summed E-state index contributed by atoms with van der Waals surface area (Å²) in [7, 11) is 0. The molecule has 0 spiro atoms. The molecule has 0 aliphatic carbocycles. The number of carbonyl (C=O) groups is 2. The molecule has 0 radical (unpaired) electrons. The second kappa shape index (κ2) is 6.88. The number of carboxylic acid groups (broad SMARTS) is 1. The SMILES string of the molecule is O=C(O)c1cn(CCNC(=O)N2CCCCCC2)nn1. The van der Waals surface area contributed by atoms with Crippen LogP contribution in [0.4, 0.5) is 4.79 Å². The fourth-order valence-corrected chi connectivity index (χ4v) is 2.17. The van der Waals surface area contributed by atoms with E-state index < -0.39 is 5.97 Å². The Balaban J connectivity index is 1.74. The molecule has 110 valence electrons. The van der Waals surface area contributed by atoms with Gasteiger partial charge < -0.3 is 15.3 Å². The van der Waals surface area contributed by atoms with E-state index in [1.807, 2.05) is 4.90 Å². The van der Waals surface area contributed by atoms with Crippen LogP contribution >= 0.6 is 0 Å². The van der Waals surface area contributed by atoms with Gasteiger partial charge in [0.15, 0.2) is 5.69 Å². The maximum Gasteiger partial charge on any atom is 0.358 e. The van der Waals surface area contributed by atoms with Gasteiger partial charge in [-0.25, -0.2) is 14.3 Å². The standard InChI is InChI=1S/C12H19N5O3/c18-11(19)10-9-17(15-14-10)8-5-13-12(20)16-6-3-1-2-4-7-16/h9H,1-8H2,(H,13,20)(H,18,19). The normalized spacial score (nSPS) is 15.7. The lowest BCUT2D eigenvalue weighted by Crippen LogP contribution is -2.41. The summed E-state index contributed by atoms with van der Waals surface area (Å²) in [5.74, 6) is -1.11. The molecule has 0 aromatic carbocycles. The van der Waals surface area contributed by atoms with Gasteiger partial charge in [0.05, 0.1) is 12.7 Å². The number of carbonyl (C=O) groups excluding carboxylic acids is 1. The van der Waals surface area contributed by atoms with Gasteiger partial charge in [0, 0.05) is 19.6 Å². The molecule has 0 atom stereocenters. The van der Waals surface area contributed by atoms with Gasteiger partial charge in [-0.15, -0.1) is 5.10 Å². The van der Waals surface area contributed by atoms with Crippen molar-refractivity contribution in [2.75, 3.05) is 19.6 Å². The fourth-order valence-electron chi connectivity index (χ4n) is 2.17. The predicted octanol–water partition coefficient (Wildman–Crippen LogP) is 0.562. The summed E-state index contributed by atoms with van der Waals surface area (Å²) in [5.41, 5.74) is -0.0937. The number of aromatic nitrogens is 3. The highest BCUT2D eigenvalue weighted by molar-refractivity contribution is 5.84. The molecule has 2 heterocycles. The van der Waals surface area contributed by atoms with Crippen LogP contribution in [0.5, 0.6) is 0 Å². The monoisotopic (exact) mass is 281 g/mol. The van der Waals surface area contributed by atoms with Crippen LogP contribution in [0.25, 0.3) is 0 Å². The van der Waals surface area contributed by atoms with Crippen molar-refractivity contribution >= 4 is 12.0 Å². The molecule has 20 heavy (non-hydrogen) atoms. The highest BCUT2D eigenvalue weighted by atomic mass is 16.4. The van der Waals surface area contributed by atoms with Crippen molar-refractivity contribution in [1.82, 2.24) is 25.2 Å². The Morgan fingerprint density at radius 3 is 2.55 bits per heavy atom. The molecular weight excluding hydrogens is 262 g/mol. The quantitative estimate of drug-likeness (QED) is 0.840. The summed E-state index contributed by atoms with van der Waals surface area (Å²) in [6.07, 6.45) is 5.82. The Labute approximate surface area is 116 Å². The van der Waals surface area contributed by atoms with E-state index >= 15 is 0 Å². The molecule has 0 unspecified atom stereocenters. The second-order valence-electron chi connectivity index (χ2n) is 4.81. The van der Waals surface area contributed by atoms with Crippen LogP contribution < -0.4 is 5.32 Å². The van der Waals surface area contributed by atoms with Crippen molar-refractivity contribution in [3.05, 3.63) is 11.9 Å². The largest absolute Gasteiger partial charge is 0.476 e. The minimum atomic E-state index is -1.11. The topological polar surface area (TPSA) is 100 Å². The molecule has 1 aliphatic rings. The van der Waals surface area contributed by atoms with E-state index in [1.54, 1.807) is 0 Å². The lowest BCUT2D eigenvalue weighted by Gasteiger charge is -2.20. The zero-order valence-electron chi connectivity index (χ0n) is 11.3. The van der Waals surface area contributed by atoms with E-state index in [1.165, 1.54) is 23.7 Å². The summed E-state index contributed by atoms with van der Waals surface area (Å²) in [6, 6.07) is -0.0644. The van der Waals surface area contributed by atoms with Crippen LogP contribution in [0.1, 0.15) is 36.2 Å². The first-order valence-corrected chi connectivity index (χ1v) is 6.83. The van der Waals surface area contributed by atoms with E-state index in [2.05, 4.69) is 15.6 Å². The van der Waals surface area contributed by atoms with Crippen molar-refractivity contribution in [3.63, 3.8) is 0 Å². The zero-order valence-corrected chi connectivity index (χ0v) is 11.3. The van der Waals surface area contributed by atoms with Crippen molar-refractivity contribution in [2.45, 2.75) is 32.2 Å². The molecule has 8 nitrogen and oxygen atoms in total. The number of urea groups is 1. The Kier molecular flexibility index (Phi) is 4.91. The minimum absolute atomic E-state index is 0.0644. The van der Waals surface area contributed by atoms with E-state index in [0.717, 1.165) is 25.9 Å². The van der Waals surface area contributed by atoms with Crippen LogP contribution in [-0.2, 0) is 6.54 Å². The molecule has 1 aromatic heterocycles. The van der Waals surface area contributed by atoms with Gasteiger partial charge >= 0.3 is 12.0 Å². The highest BCUT2D eigenvalue weighted by Gasteiger charge is 2.14. The van der Waals surface area contributed by atoms with Crippen LogP contribution in [0.15, 0.2) is 6.20 Å². The van der Waals surface area contributed by atoms with Gasteiger partial charge in [-0.2, -0.15) is 0 Å². The van der Waals surface area contributed by atoms with Crippen molar-refractivity contribution in [1.29, 1.82) is 0 Å².